The highest BCUT2D eigenvalue weighted by Crippen LogP contribution is 2.36. The molecule has 1 saturated heterocycles. The molecule has 4 nitrogen and oxygen atoms in total. The van der Waals surface area contributed by atoms with E-state index in [1.54, 1.807) is 12.1 Å². The molecule has 0 radical (unpaired) electrons. The topological polar surface area (TPSA) is 50.4 Å². The van der Waals surface area contributed by atoms with E-state index in [-0.39, 0.29) is 17.2 Å². The Hall–Kier alpha value is -1.26. The Balaban J connectivity index is 2.14. The van der Waals surface area contributed by atoms with Crippen molar-refractivity contribution < 1.29 is 9.53 Å². The molecule has 1 amide bonds. The van der Waals surface area contributed by atoms with Crippen LogP contribution in [0.15, 0.2) is 18.2 Å². The zero-order valence-corrected chi connectivity index (χ0v) is 13.6. The fraction of sp³-hybridized carbons (Fsp3) is 0.562. The van der Waals surface area contributed by atoms with Crippen molar-refractivity contribution in [3.63, 3.8) is 0 Å². The minimum absolute atomic E-state index is 0.0581. The molecule has 1 atom stereocenters. The maximum absolute atomic E-state index is 12.7. The summed E-state index contributed by atoms with van der Waals surface area (Å²) in [7, 11) is 0. The average Bonchev–Trinajstić information content (AvgIpc) is 2.93. The molecule has 0 spiro atoms. The molecular weight excluding hydrogens is 288 g/mol. The fourth-order valence-corrected chi connectivity index (χ4v) is 3.00. The number of halogens is 1. The zero-order valence-electron chi connectivity index (χ0n) is 12.8. The van der Waals surface area contributed by atoms with Gasteiger partial charge in [-0.3, -0.25) is 4.79 Å². The van der Waals surface area contributed by atoms with Crippen molar-refractivity contribution in [1.29, 1.82) is 0 Å². The Kier molecular flexibility index (Phi) is 5.12. The van der Waals surface area contributed by atoms with Crippen molar-refractivity contribution >= 4 is 23.2 Å². The number of benzene rings is 1. The third-order valence-corrected chi connectivity index (χ3v) is 4.53. The predicted octanol–water partition coefficient (Wildman–Crippen LogP) is 3.31. The molecule has 1 fully saturated rings. The third kappa shape index (κ3) is 3.33. The number of amides is 1. The van der Waals surface area contributed by atoms with E-state index >= 15 is 0 Å². The first-order valence-electron chi connectivity index (χ1n) is 7.44. The number of anilines is 1. The van der Waals surface area contributed by atoms with E-state index in [2.05, 4.69) is 24.5 Å². The van der Waals surface area contributed by atoms with Crippen LogP contribution in [0.5, 0.6) is 5.75 Å². The maximum Gasteiger partial charge on any atom is 0.232 e. The van der Waals surface area contributed by atoms with Crippen molar-refractivity contribution in [3.8, 4) is 5.75 Å². The van der Waals surface area contributed by atoms with Crippen molar-refractivity contribution in [2.45, 2.75) is 27.2 Å². The van der Waals surface area contributed by atoms with Crippen molar-refractivity contribution in [3.05, 3.63) is 23.2 Å². The minimum Gasteiger partial charge on any atom is -0.492 e. The molecule has 116 valence electrons. The van der Waals surface area contributed by atoms with Gasteiger partial charge in [-0.25, -0.2) is 0 Å². The summed E-state index contributed by atoms with van der Waals surface area (Å²) in [4.78, 5) is 12.7. The number of hydrogen-bond acceptors (Lipinski definition) is 3. The first-order chi connectivity index (χ1) is 9.99. The summed E-state index contributed by atoms with van der Waals surface area (Å²) < 4.78 is 5.40. The van der Waals surface area contributed by atoms with E-state index in [4.69, 9.17) is 16.3 Å². The van der Waals surface area contributed by atoms with Gasteiger partial charge in [0.25, 0.3) is 0 Å². The number of carbonyl (C=O) groups is 1. The van der Waals surface area contributed by atoms with Gasteiger partial charge in [-0.1, -0.05) is 25.4 Å². The molecule has 0 saturated carbocycles. The van der Waals surface area contributed by atoms with Crippen LogP contribution in [0.4, 0.5) is 5.69 Å². The molecule has 1 aromatic rings. The SMILES string of the molecule is CCOc1ccc(NC(=O)C2(C(C)C)CCNC2)cc1Cl. The lowest BCUT2D eigenvalue weighted by molar-refractivity contribution is -0.126. The van der Waals surface area contributed by atoms with Crippen LogP contribution in [-0.4, -0.2) is 25.6 Å². The smallest absolute Gasteiger partial charge is 0.232 e. The summed E-state index contributed by atoms with van der Waals surface area (Å²) in [6.07, 6.45) is 0.862. The third-order valence-electron chi connectivity index (χ3n) is 4.24. The Morgan fingerprint density at radius 2 is 2.29 bits per heavy atom. The molecule has 21 heavy (non-hydrogen) atoms. The number of carbonyl (C=O) groups excluding carboxylic acids is 1. The van der Waals surface area contributed by atoms with Crippen LogP contribution in [0.1, 0.15) is 27.2 Å². The van der Waals surface area contributed by atoms with Crippen molar-refractivity contribution in [2.75, 3.05) is 25.0 Å². The van der Waals surface area contributed by atoms with Gasteiger partial charge < -0.3 is 15.4 Å². The zero-order chi connectivity index (χ0) is 15.5. The van der Waals surface area contributed by atoms with Gasteiger partial charge in [-0.15, -0.1) is 0 Å². The van der Waals surface area contributed by atoms with Crippen LogP contribution in [0.3, 0.4) is 0 Å². The van der Waals surface area contributed by atoms with Gasteiger partial charge in [0.2, 0.25) is 5.91 Å². The van der Waals surface area contributed by atoms with Crippen LogP contribution in [-0.2, 0) is 4.79 Å². The van der Waals surface area contributed by atoms with E-state index in [1.165, 1.54) is 0 Å². The lowest BCUT2D eigenvalue weighted by atomic mass is 9.75. The first kappa shape index (κ1) is 16.1. The Morgan fingerprint density at radius 3 is 2.81 bits per heavy atom. The normalized spacial score (nSPS) is 21.6. The summed E-state index contributed by atoms with van der Waals surface area (Å²) in [6, 6.07) is 5.35. The predicted molar refractivity (Wildman–Crippen MR) is 86.0 cm³/mol. The fourth-order valence-electron chi connectivity index (χ4n) is 2.77. The van der Waals surface area contributed by atoms with Crippen LogP contribution < -0.4 is 15.4 Å². The van der Waals surface area contributed by atoms with Crippen LogP contribution in [0.25, 0.3) is 0 Å². The number of rotatable bonds is 5. The van der Waals surface area contributed by atoms with Crippen molar-refractivity contribution in [1.82, 2.24) is 5.32 Å². The lowest BCUT2D eigenvalue weighted by Gasteiger charge is -2.31. The second-order valence-electron chi connectivity index (χ2n) is 5.77. The highest BCUT2D eigenvalue weighted by atomic mass is 35.5. The van der Waals surface area contributed by atoms with Gasteiger partial charge in [0, 0.05) is 12.2 Å². The number of ether oxygens (including phenoxy) is 1. The molecular formula is C16H23ClN2O2. The molecule has 0 bridgehead atoms. The van der Waals surface area contributed by atoms with E-state index in [9.17, 15) is 4.79 Å². The largest absolute Gasteiger partial charge is 0.492 e. The van der Waals surface area contributed by atoms with E-state index in [0.717, 1.165) is 19.5 Å². The van der Waals surface area contributed by atoms with Crippen LogP contribution in [0.2, 0.25) is 5.02 Å². The van der Waals surface area contributed by atoms with Gasteiger partial charge in [0.05, 0.1) is 17.0 Å². The molecule has 0 aromatic heterocycles. The standard InChI is InChI=1S/C16H23ClN2O2/c1-4-21-14-6-5-12(9-13(14)17)19-15(20)16(11(2)3)7-8-18-10-16/h5-6,9,11,18H,4,7-8,10H2,1-3H3,(H,19,20). The highest BCUT2D eigenvalue weighted by Gasteiger charge is 2.43. The summed E-state index contributed by atoms with van der Waals surface area (Å²) in [5, 5.41) is 6.80. The van der Waals surface area contributed by atoms with E-state index in [0.29, 0.717) is 23.1 Å². The second-order valence-corrected chi connectivity index (χ2v) is 6.18. The van der Waals surface area contributed by atoms with Crippen LogP contribution >= 0.6 is 11.6 Å². The summed E-state index contributed by atoms with van der Waals surface area (Å²) >= 11 is 6.16. The Labute approximate surface area is 131 Å². The molecule has 2 N–H and O–H groups in total. The number of nitrogens with one attached hydrogen (secondary N) is 2. The molecule has 1 aliphatic rings. The molecule has 0 aliphatic carbocycles. The molecule has 2 rings (SSSR count). The molecule has 1 heterocycles. The average molecular weight is 311 g/mol. The molecule has 1 aromatic carbocycles. The Bertz CT molecular complexity index is 511. The van der Waals surface area contributed by atoms with Gasteiger partial charge in [0.15, 0.2) is 0 Å². The molecule has 5 heteroatoms. The van der Waals surface area contributed by atoms with Gasteiger partial charge in [-0.2, -0.15) is 0 Å². The second kappa shape index (κ2) is 6.67. The summed E-state index contributed by atoms with van der Waals surface area (Å²) in [5.41, 5.74) is 0.366. The quantitative estimate of drug-likeness (QED) is 0.877. The molecule has 1 aliphatic heterocycles. The highest BCUT2D eigenvalue weighted by molar-refractivity contribution is 6.32. The molecule has 1 unspecified atom stereocenters. The van der Waals surface area contributed by atoms with Crippen molar-refractivity contribution in [2.24, 2.45) is 11.3 Å². The first-order valence-corrected chi connectivity index (χ1v) is 7.82. The van der Waals surface area contributed by atoms with E-state index in [1.807, 2.05) is 13.0 Å². The van der Waals surface area contributed by atoms with Gasteiger partial charge in [-0.05, 0) is 44.0 Å². The maximum atomic E-state index is 12.7. The number of hydrogen-bond donors (Lipinski definition) is 2. The summed E-state index contributed by atoms with van der Waals surface area (Å²) in [6.45, 7) is 8.27. The Morgan fingerprint density at radius 1 is 1.52 bits per heavy atom. The minimum atomic E-state index is -0.342. The van der Waals surface area contributed by atoms with Crippen LogP contribution in [0, 0.1) is 11.3 Å². The summed E-state index contributed by atoms with van der Waals surface area (Å²) in [5.74, 6) is 0.978. The monoisotopic (exact) mass is 310 g/mol. The van der Waals surface area contributed by atoms with Gasteiger partial charge >= 0.3 is 0 Å². The van der Waals surface area contributed by atoms with Gasteiger partial charge in [0.1, 0.15) is 5.75 Å². The lowest BCUT2D eigenvalue weighted by Crippen LogP contribution is -2.42. The van der Waals surface area contributed by atoms with E-state index < -0.39 is 0 Å².